The first-order chi connectivity index (χ1) is 8.74. The molecule has 0 fully saturated rings. The van der Waals surface area contributed by atoms with Gasteiger partial charge in [0.2, 0.25) is 0 Å². The maximum Gasteiger partial charge on any atom is 0.126 e. The van der Waals surface area contributed by atoms with E-state index in [1.165, 1.54) is 11.1 Å². The van der Waals surface area contributed by atoms with E-state index in [-0.39, 0.29) is 12.1 Å². The quantitative estimate of drug-likeness (QED) is 0.826. The van der Waals surface area contributed by atoms with Gasteiger partial charge in [-0.1, -0.05) is 48.0 Å². The van der Waals surface area contributed by atoms with E-state index in [0.29, 0.717) is 0 Å². The molecule has 0 bridgehead atoms. The van der Waals surface area contributed by atoms with Gasteiger partial charge in [-0.25, -0.2) is 0 Å². The summed E-state index contributed by atoms with van der Waals surface area (Å²) in [5.74, 6) is 0.918. The third-order valence-corrected chi connectivity index (χ3v) is 3.50. The molecule has 0 amide bonds. The summed E-state index contributed by atoms with van der Waals surface area (Å²) < 4.78 is 6.05. The fourth-order valence-corrected chi connectivity index (χ4v) is 2.44. The zero-order valence-corrected chi connectivity index (χ0v) is 10.5. The zero-order chi connectivity index (χ0) is 12.5. The normalized spacial score (nSPS) is 22.1. The molecule has 1 heterocycles. The van der Waals surface area contributed by atoms with Crippen LogP contribution in [0.4, 0.5) is 0 Å². The maximum atomic E-state index is 6.22. The highest BCUT2D eigenvalue weighted by molar-refractivity contribution is 5.39. The average Bonchev–Trinajstić information content (AvgIpc) is 2.39. The number of fused-ring (bicyclic) bond motifs is 1. The summed E-state index contributed by atoms with van der Waals surface area (Å²) in [5.41, 5.74) is 9.80. The van der Waals surface area contributed by atoms with Crippen molar-refractivity contribution in [3.63, 3.8) is 0 Å². The highest BCUT2D eigenvalue weighted by Crippen LogP contribution is 2.39. The third kappa shape index (κ3) is 2.00. The van der Waals surface area contributed by atoms with E-state index in [4.69, 9.17) is 10.5 Å². The number of aryl methyl sites for hydroxylation is 1. The summed E-state index contributed by atoms with van der Waals surface area (Å²) in [6.45, 7) is 2.09. The van der Waals surface area contributed by atoms with Crippen LogP contribution < -0.4 is 10.5 Å². The van der Waals surface area contributed by atoms with E-state index in [9.17, 15) is 0 Å². The lowest BCUT2D eigenvalue weighted by Gasteiger charge is -2.30. The Morgan fingerprint density at radius 1 is 1.06 bits per heavy atom. The van der Waals surface area contributed by atoms with E-state index in [0.717, 1.165) is 17.7 Å². The van der Waals surface area contributed by atoms with Gasteiger partial charge < -0.3 is 10.5 Å². The Morgan fingerprint density at radius 2 is 1.78 bits per heavy atom. The first kappa shape index (κ1) is 11.3. The summed E-state index contributed by atoms with van der Waals surface area (Å²) in [6, 6.07) is 16.6. The van der Waals surface area contributed by atoms with Gasteiger partial charge >= 0.3 is 0 Å². The summed E-state index contributed by atoms with van der Waals surface area (Å²) in [7, 11) is 0. The Kier molecular flexibility index (Phi) is 2.80. The summed E-state index contributed by atoms with van der Waals surface area (Å²) in [4.78, 5) is 0. The highest BCUT2D eigenvalue weighted by atomic mass is 16.5. The van der Waals surface area contributed by atoms with Crippen LogP contribution in [0.2, 0.25) is 0 Å². The van der Waals surface area contributed by atoms with Gasteiger partial charge in [0.25, 0.3) is 0 Å². The zero-order valence-electron chi connectivity index (χ0n) is 10.5. The lowest BCUT2D eigenvalue weighted by atomic mass is 9.93. The average molecular weight is 239 g/mol. The second-order valence-electron chi connectivity index (χ2n) is 4.90. The second-order valence-corrected chi connectivity index (χ2v) is 4.90. The standard InChI is InChI=1S/C16H17NO/c1-11-6-8-12(9-7-11)16-10-14(17)13-4-2-3-5-15(13)18-16/h2-9,14,16H,10,17H2,1H3/t14-,16?/m0/s1. The molecule has 0 aliphatic carbocycles. The number of nitrogens with two attached hydrogens (primary N) is 1. The smallest absolute Gasteiger partial charge is 0.126 e. The van der Waals surface area contributed by atoms with Crippen LogP contribution in [0.15, 0.2) is 48.5 Å². The van der Waals surface area contributed by atoms with Crippen LogP contribution in [-0.4, -0.2) is 0 Å². The molecule has 3 rings (SSSR count). The molecule has 2 aromatic carbocycles. The molecule has 92 valence electrons. The molecular weight excluding hydrogens is 222 g/mol. The Labute approximate surface area is 107 Å². The van der Waals surface area contributed by atoms with E-state index in [1.54, 1.807) is 0 Å². The van der Waals surface area contributed by atoms with Crippen molar-refractivity contribution in [2.75, 3.05) is 0 Å². The van der Waals surface area contributed by atoms with Crippen LogP contribution in [-0.2, 0) is 0 Å². The fourth-order valence-electron chi connectivity index (χ4n) is 2.44. The minimum atomic E-state index is 0.0567. The molecule has 2 N–H and O–H groups in total. The first-order valence-corrected chi connectivity index (χ1v) is 6.32. The summed E-state index contributed by atoms with van der Waals surface area (Å²) in [5, 5.41) is 0. The molecule has 0 aromatic heterocycles. The molecule has 2 nitrogen and oxygen atoms in total. The molecule has 0 saturated heterocycles. The van der Waals surface area contributed by atoms with Crippen LogP contribution >= 0.6 is 0 Å². The van der Waals surface area contributed by atoms with Crippen molar-refractivity contribution in [3.8, 4) is 5.75 Å². The van der Waals surface area contributed by atoms with Crippen molar-refractivity contribution in [2.45, 2.75) is 25.5 Å². The summed E-state index contributed by atoms with van der Waals surface area (Å²) in [6.07, 6.45) is 0.899. The monoisotopic (exact) mass is 239 g/mol. The van der Waals surface area contributed by atoms with Crippen molar-refractivity contribution >= 4 is 0 Å². The maximum absolute atomic E-state index is 6.22. The van der Waals surface area contributed by atoms with Gasteiger partial charge in [0.05, 0.1) is 0 Å². The topological polar surface area (TPSA) is 35.2 Å². The number of hydrogen-bond acceptors (Lipinski definition) is 2. The van der Waals surface area contributed by atoms with Crippen molar-refractivity contribution in [1.82, 2.24) is 0 Å². The number of rotatable bonds is 1. The van der Waals surface area contributed by atoms with E-state index < -0.39 is 0 Å². The lowest BCUT2D eigenvalue weighted by molar-refractivity contribution is 0.161. The molecule has 2 heteroatoms. The molecule has 0 saturated carbocycles. The van der Waals surface area contributed by atoms with Gasteiger partial charge in [-0.3, -0.25) is 0 Å². The molecule has 2 atom stereocenters. The molecule has 1 aliphatic heterocycles. The van der Waals surface area contributed by atoms with Gasteiger partial charge in [-0.05, 0) is 18.6 Å². The Morgan fingerprint density at radius 3 is 2.56 bits per heavy atom. The summed E-state index contributed by atoms with van der Waals surface area (Å²) >= 11 is 0. The molecular formula is C16H17NO. The van der Waals surface area contributed by atoms with E-state index in [2.05, 4.69) is 31.2 Å². The molecule has 2 aromatic rings. The molecule has 1 unspecified atom stereocenters. The van der Waals surface area contributed by atoms with Crippen LogP contribution in [0, 0.1) is 6.92 Å². The van der Waals surface area contributed by atoms with Gasteiger partial charge in [0.1, 0.15) is 11.9 Å². The van der Waals surface area contributed by atoms with Crippen molar-refractivity contribution < 1.29 is 4.74 Å². The number of para-hydroxylation sites is 1. The highest BCUT2D eigenvalue weighted by Gasteiger charge is 2.26. The minimum Gasteiger partial charge on any atom is -0.485 e. The van der Waals surface area contributed by atoms with Crippen LogP contribution in [0.1, 0.15) is 35.3 Å². The van der Waals surface area contributed by atoms with Gasteiger partial charge in [0, 0.05) is 18.0 Å². The molecule has 0 radical (unpaired) electrons. The molecule has 0 spiro atoms. The second kappa shape index (κ2) is 4.46. The number of benzene rings is 2. The first-order valence-electron chi connectivity index (χ1n) is 6.32. The predicted molar refractivity (Wildman–Crippen MR) is 72.5 cm³/mol. The van der Waals surface area contributed by atoms with Gasteiger partial charge in [-0.15, -0.1) is 0 Å². The van der Waals surface area contributed by atoms with Crippen LogP contribution in [0.25, 0.3) is 0 Å². The van der Waals surface area contributed by atoms with E-state index in [1.807, 2.05) is 24.3 Å². The van der Waals surface area contributed by atoms with Gasteiger partial charge in [-0.2, -0.15) is 0 Å². The molecule has 1 aliphatic rings. The SMILES string of the molecule is Cc1ccc(C2C[C@H](N)c3ccccc3O2)cc1. The van der Waals surface area contributed by atoms with E-state index >= 15 is 0 Å². The van der Waals surface area contributed by atoms with Crippen LogP contribution in [0.3, 0.4) is 0 Å². The molecule has 18 heavy (non-hydrogen) atoms. The Bertz CT molecular complexity index is 547. The largest absolute Gasteiger partial charge is 0.485 e. The van der Waals surface area contributed by atoms with Gasteiger partial charge in [0.15, 0.2) is 0 Å². The van der Waals surface area contributed by atoms with Crippen molar-refractivity contribution in [2.24, 2.45) is 5.73 Å². The Hall–Kier alpha value is -1.80. The lowest BCUT2D eigenvalue weighted by Crippen LogP contribution is -2.24. The number of ether oxygens (including phenoxy) is 1. The minimum absolute atomic E-state index is 0.0567. The third-order valence-electron chi connectivity index (χ3n) is 3.50. The predicted octanol–water partition coefficient (Wildman–Crippen LogP) is 3.52. The number of hydrogen-bond donors (Lipinski definition) is 1. The van der Waals surface area contributed by atoms with Crippen LogP contribution in [0.5, 0.6) is 5.75 Å². The fraction of sp³-hybridized carbons (Fsp3) is 0.250. The Balaban J connectivity index is 1.92. The van der Waals surface area contributed by atoms with Crippen molar-refractivity contribution in [3.05, 3.63) is 65.2 Å². The van der Waals surface area contributed by atoms with Crippen molar-refractivity contribution in [1.29, 1.82) is 0 Å².